The second-order valence-electron chi connectivity index (χ2n) is 18.2. The first-order valence-electron chi connectivity index (χ1n) is 23.1. The van der Waals surface area contributed by atoms with E-state index in [1.807, 2.05) is 0 Å². The van der Waals surface area contributed by atoms with Crippen LogP contribution in [0.4, 0.5) is 0 Å². The number of amides is 4. The number of nitrogens with one attached hydrogen (secondary N) is 4. The zero-order valence-electron chi connectivity index (χ0n) is 40.3. The van der Waals surface area contributed by atoms with Gasteiger partial charge in [0, 0.05) is 34.1 Å². The number of hydrogen-bond donors (Lipinski definition) is 20. The van der Waals surface area contributed by atoms with E-state index in [9.17, 15) is 106 Å². The van der Waals surface area contributed by atoms with Crippen LogP contribution in [0.25, 0.3) is 0 Å². The van der Waals surface area contributed by atoms with Crippen molar-refractivity contribution in [2.24, 2.45) is 0 Å². The van der Waals surface area contributed by atoms with Crippen molar-refractivity contribution in [3.8, 4) is 0 Å². The Bertz CT molecular complexity index is 1840. The summed E-state index contributed by atoms with van der Waals surface area (Å²) in [5.74, 6) is -8.52. The fourth-order valence-corrected chi connectivity index (χ4v) is 8.73. The smallest absolute Gasteiger partial charge is 0.364 e. The first-order valence-corrected chi connectivity index (χ1v) is 23.1. The minimum absolute atomic E-state index is 0.761. The Kier molecular flexibility index (Phi) is 23.5. The first-order chi connectivity index (χ1) is 34.7. The normalized spacial score (nSPS) is 39.1. The zero-order chi connectivity index (χ0) is 55.7. The Morgan fingerprint density at radius 3 is 1.69 bits per heavy atom. The van der Waals surface area contributed by atoms with Gasteiger partial charge in [0.2, 0.25) is 23.6 Å². The van der Waals surface area contributed by atoms with Crippen molar-refractivity contribution in [2.75, 3.05) is 39.6 Å². The summed E-state index contributed by atoms with van der Waals surface area (Å²) in [4.78, 5) is 62.3. The van der Waals surface area contributed by atoms with Gasteiger partial charge >= 0.3 is 5.97 Å². The van der Waals surface area contributed by atoms with Gasteiger partial charge in [-0.3, -0.25) is 19.2 Å². The van der Waals surface area contributed by atoms with Gasteiger partial charge in [0.05, 0.1) is 57.8 Å². The third kappa shape index (κ3) is 15.1. The number of carbonyl (C=O) groups is 5. The molecular formula is C41H70N4O29. The number of carboxylic acids is 1. The predicted octanol–water partition coefficient (Wildman–Crippen LogP) is -12.5. The van der Waals surface area contributed by atoms with E-state index < -0.39 is 228 Å². The minimum Gasteiger partial charge on any atom is -0.477 e. The van der Waals surface area contributed by atoms with E-state index in [1.165, 1.54) is 0 Å². The van der Waals surface area contributed by atoms with Crippen molar-refractivity contribution in [3.63, 3.8) is 0 Å². The highest BCUT2D eigenvalue weighted by atomic mass is 16.8. The van der Waals surface area contributed by atoms with Crippen LogP contribution in [-0.4, -0.2) is 304 Å². The Labute approximate surface area is 420 Å². The van der Waals surface area contributed by atoms with Crippen molar-refractivity contribution in [1.29, 1.82) is 0 Å². The molecule has 25 atom stereocenters. The molecule has 4 heterocycles. The summed E-state index contributed by atoms with van der Waals surface area (Å²) in [6, 6.07) is -6.93. The molecule has 74 heavy (non-hydrogen) atoms. The van der Waals surface area contributed by atoms with E-state index in [-0.39, 0.29) is 0 Å². The molecule has 4 aliphatic rings. The highest BCUT2D eigenvalue weighted by Crippen LogP contribution is 2.36. The van der Waals surface area contributed by atoms with Crippen molar-refractivity contribution < 1.29 is 144 Å². The molecule has 4 saturated heterocycles. The summed E-state index contributed by atoms with van der Waals surface area (Å²) in [7, 11) is 0. The number of rotatable bonds is 24. The quantitative estimate of drug-likeness (QED) is 0.0427. The van der Waals surface area contributed by atoms with Gasteiger partial charge in [-0.15, -0.1) is 0 Å². The van der Waals surface area contributed by atoms with Crippen LogP contribution in [0.1, 0.15) is 34.1 Å². The SMILES string of the molecule is CC(=O)NC1C(OC[C@H]2O[C@H](O[C@@H]([C@@H](O)[C@H](O)CO[C@]3(C(=O)O)C[C@H](O)[C@@H](NC(C)=O)[C@H]([C@H](O)[C@H](O)CO)O3)[C@H](CO)NC(C)=O)[C@H](NC(C)=O)[C@@H](OC3O[C@H](CO)[C@H](O)[C@H](O)[C@H]3O)[C@H]2O)OC(CO)C(O)C1O. The molecule has 0 radical (unpaired) electrons. The summed E-state index contributed by atoms with van der Waals surface area (Å²) in [6.07, 6.45) is -41.4. The number of carbonyl (C=O) groups excluding carboxylic acids is 4. The summed E-state index contributed by atoms with van der Waals surface area (Å²) < 4.78 is 46.0. The largest absolute Gasteiger partial charge is 0.477 e. The van der Waals surface area contributed by atoms with Crippen LogP contribution in [-0.2, 0) is 61.9 Å². The average molecular weight is 1080 g/mol. The molecule has 4 aliphatic heterocycles. The lowest BCUT2D eigenvalue weighted by Gasteiger charge is -2.49. The third-order valence-corrected chi connectivity index (χ3v) is 12.5. The van der Waals surface area contributed by atoms with Gasteiger partial charge in [0.25, 0.3) is 5.79 Å². The second-order valence-corrected chi connectivity index (χ2v) is 18.2. The van der Waals surface area contributed by atoms with E-state index in [0.717, 1.165) is 27.7 Å². The molecule has 0 aliphatic carbocycles. The number of aliphatic carboxylic acids is 1. The lowest BCUT2D eigenvalue weighted by Crippen LogP contribution is -2.70. The lowest BCUT2D eigenvalue weighted by molar-refractivity contribution is -0.355. The number of aliphatic hydroxyl groups is 15. The summed E-state index contributed by atoms with van der Waals surface area (Å²) >= 11 is 0. The number of carboxylic acid groups (broad SMARTS) is 1. The molecule has 428 valence electrons. The molecule has 33 heteroatoms. The van der Waals surface area contributed by atoms with Gasteiger partial charge in [0.15, 0.2) is 18.9 Å². The Morgan fingerprint density at radius 2 is 1.16 bits per heavy atom. The molecule has 6 unspecified atom stereocenters. The molecule has 20 N–H and O–H groups in total. The van der Waals surface area contributed by atoms with Gasteiger partial charge in [-0.25, -0.2) is 4.79 Å². The fraction of sp³-hybridized carbons (Fsp3) is 0.878. The van der Waals surface area contributed by atoms with E-state index in [2.05, 4.69) is 21.3 Å². The summed E-state index contributed by atoms with van der Waals surface area (Å²) in [6.45, 7) is -2.46. The van der Waals surface area contributed by atoms with E-state index in [1.54, 1.807) is 0 Å². The maximum absolute atomic E-state index is 12.9. The number of hydrogen-bond acceptors (Lipinski definition) is 28. The van der Waals surface area contributed by atoms with Crippen molar-refractivity contribution in [1.82, 2.24) is 21.3 Å². The van der Waals surface area contributed by atoms with Crippen LogP contribution < -0.4 is 21.3 Å². The highest BCUT2D eigenvalue weighted by Gasteiger charge is 2.58. The van der Waals surface area contributed by atoms with Crippen LogP contribution in [0.15, 0.2) is 0 Å². The highest BCUT2D eigenvalue weighted by molar-refractivity contribution is 5.77. The third-order valence-electron chi connectivity index (χ3n) is 12.5. The molecule has 0 saturated carbocycles. The van der Waals surface area contributed by atoms with Crippen LogP contribution in [0.3, 0.4) is 0 Å². The van der Waals surface area contributed by atoms with E-state index in [0.29, 0.717) is 0 Å². The maximum atomic E-state index is 12.9. The molecule has 4 rings (SSSR count). The standard InChI is InChI=1S/C41H70N4O29/c1-12(50)42-16(6-46)34(27(58)19(56)10-68-41(40(65)66)5-17(54)23(43-13(2)51)36(74-41)26(57)18(55)7-47)72-38-25(45-15(4)53)35(73-39-33(64)32(63)29(60)21(9-49)70-39)30(61)22(71-38)11-67-37-24(44-14(3)52)31(62)28(59)20(8-48)69-37/h16-39,46-49,54-64H,5-11H2,1-4H3,(H,42,50)(H,43,51)(H,44,52)(H,45,53)(H,65,66)/t16-,17-,18+,19+,20?,21+,22+,23+,24?,25+,26+,27-,28?,29-,30-,31?,32-,33+,34+,35+,36+,37?,38+,39?,41+/m0/s1. The van der Waals surface area contributed by atoms with Crippen LogP contribution in [0, 0.1) is 0 Å². The van der Waals surface area contributed by atoms with E-state index >= 15 is 0 Å². The molecule has 0 aromatic carbocycles. The molecule has 4 fully saturated rings. The van der Waals surface area contributed by atoms with Crippen LogP contribution in [0.5, 0.6) is 0 Å². The number of ether oxygens (including phenoxy) is 8. The minimum atomic E-state index is -3.08. The summed E-state index contributed by atoms with van der Waals surface area (Å²) in [5, 5.41) is 180. The molecule has 0 aromatic heterocycles. The molecule has 4 amide bonds. The monoisotopic (exact) mass is 1080 g/mol. The Morgan fingerprint density at radius 1 is 0.622 bits per heavy atom. The Balaban J connectivity index is 1.77. The number of aliphatic hydroxyl groups excluding tert-OH is 15. The lowest BCUT2D eigenvalue weighted by atomic mass is 9.88. The molecule has 33 nitrogen and oxygen atoms in total. The van der Waals surface area contributed by atoms with Crippen LogP contribution in [0.2, 0.25) is 0 Å². The van der Waals surface area contributed by atoms with Gasteiger partial charge in [0.1, 0.15) is 110 Å². The van der Waals surface area contributed by atoms with Crippen LogP contribution >= 0.6 is 0 Å². The average Bonchev–Trinajstić information content (AvgIpc) is 3.34. The van der Waals surface area contributed by atoms with Crippen molar-refractivity contribution in [3.05, 3.63) is 0 Å². The maximum Gasteiger partial charge on any atom is 0.364 e. The van der Waals surface area contributed by atoms with Gasteiger partial charge in [-0.05, 0) is 0 Å². The molecular weight excluding hydrogens is 1010 g/mol. The molecule has 0 aromatic rings. The molecule has 0 spiro atoms. The zero-order valence-corrected chi connectivity index (χ0v) is 40.3. The molecule has 0 bridgehead atoms. The van der Waals surface area contributed by atoms with E-state index in [4.69, 9.17) is 37.9 Å². The van der Waals surface area contributed by atoms with Crippen molar-refractivity contribution >= 4 is 29.6 Å². The predicted molar refractivity (Wildman–Crippen MR) is 232 cm³/mol. The first kappa shape index (κ1) is 63.0. The topological polar surface area (TPSA) is 531 Å². The van der Waals surface area contributed by atoms with Crippen molar-refractivity contribution in [2.45, 2.75) is 187 Å². The Hall–Kier alpha value is -3.57. The van der Waals surface area contributed by atoms with Gasteiger partial charge in [-0.2, -0.15) is 0 Å². The fourth-order valence-electron chi connectivity index (χ4n) is 8.73. The second kappa shape index (κ2) is 27.7. The summed E-state index contributed by atoms with van der Waals surface area (Å²) in [5.41, 5.74) is 0. The van der Waals surface area contributed by atoms with Gasteiger partial charge < -0.3 is 141 Å². The van der Waals surface area contributed by atoms with Gasteiger partial charge in [-0.1, -0.05) is 0 Å².